The van der Waals surface area contributed by atoms with E-state index in [0.717, 1.165) is 54.0 Å². The van der Waals surface area contributed by atoms with Gasteiger partial charge in [0.25, 0.3) is 5.92 Å². The second kappa shape index (κ2) is 12.7. The Bertz CT molecular complexity index is 1550. The molecule has 0 amide bonds. The molecule has 4 aromatic rings. The van der Waals surface area contributed by atoms with E-state index < -0.39 is 12.3 Å². The number of pyridine rings is 1. The zero-order chi connectivity index (χ0) is 29.8. The Morgan fingerprint density at radius 1 is 0.860 bits per heavy atom. The molecular weight excluding hydrogens is 546 g/mol. The standard InChI is InChI=1S/C36H36F2N2O3/c1-41-35(42-2)27-17-19-40(20-18-27)33-16-13-28(23-39-33)34-30-15-14-29(43-24-25-9-5-3-6-10-25)21-32(30)36(37,38)22-31(34)26-11-7-4-8-12-26/h3-16,21,23,27,35H,17-20,22,24H2,1-2H3. The molecule has 1 aromatic heterocycles. The smallest absolute Gasteiger partial charge is 0.278 e. The normalized spacial score (nSPS) is 16.8. The largest absolute Gasteiger partial charge is 0.489 e. The average Bonchev–Trinajstić information content (AvgIpc) is 3.05. The summed E-state index contributed by atoms with van der Waals surface area (Å²) < 4.78 is 48.6. The van der Waals surface area contributed by atoms with Crippen LogP contribution in [0, 0.1) is 5.92 Å². The molecule has 1 fully saturated rings. The van der Waals surface area contributed by atoms with Gasteiger partial charge in [-0.3, -0.25) is 0 Å². The van der Waals surface area contributed by atoms with Gasteiger partial charge in [-0.05, 0) is 64.9 Å². The van der Waals surface area contributed by atoms with Crippen molar-refractivity contribution in [3.05, 3.63) is 125 Å². The van der Waals surface area contributed by atoms with Crippen molar-refractivity contribution in [2.24, 2.45) is 5.92 Å². The highest BCUT2D eigenvalue weighted by molar-refractivity contribution is 6.01. The Balaban J connectivity index is 1.32. The molecule has 6 rings (SSSR count). The summed E-state index contributed by atoms with van der Waals surface area (Å²) in [6, 6.07) is 28.2. The number of rotatable bonds is 9. The molecule has 2 aliphatic rings. The molecule has 0 saturated carbocycles. The van der Waals surface area contributed by atoms with E-state index in [2.05, 4.69) is 4.90 Å². The zero-order valence-corrected chi connectivity index (χ0v) is 24.5. The lowest BCUT2D eigenvalue weighted by atomic mass is 9.78. The van der Waals surface area contributed by atoms with Gasteiger partial charge >= 0.3 is 0 Å². The van der Waals surface area contributed by atoms with Crippen molar-refractivity contribution >= 4 is 17.0 Å². The maximum absolute atomic E-state index is 15.9. The molecule has 1 saturated heterocycles. The predicted molar refractivity (Wildman–Crippen MR) is 165 cm³/mol. The zero-order valence-electron chi connectivity index (χ0n) is 24.5. The van der Waals surface area contributed by atoms with Crippen molar-refractivity contribution in [3.63, 3.8) is 0 Å². The molecule has 1 aliphatic heterocycles. The molecule has 5 nitrogen and oxygen atoms in total. The highest BCUT2D eigenvalue weighted by Crippen LogP contribution is 2.51. The third-order valence-electron chi connectivity index (χ3n) is 8.48. The number of piperidine rings is 1. The van der Waals surface area contributed by atoms with Crippen molar-refractivity contribution in [1.29, 1.82) is 0 Å². The Labute approximate surface area is 251 Å². The molecular formula is C36H36F2N2O3. The van der Waals surface area contributed by atoms with Crippen molar-refractivity contribution in [1.82, 2.24) is 4.98 Å². The molecule has 0 unspecified atom stereocenters. The molecule has 43 heavy (non-hydrogen) atoms. The van der Waals surface area contributed by atoms with E-state index in [9.17, 15) is 0 Å². The summed E-state index contributed by atoms with van der Waals surface area (Å²) in [6.45, 7) is 2.00. The number of nitrogens with zero attached hydrogens (tertiary/aromatic N) is 2. The molecule has 0 atom stereocenters. The number of methoxy groups -OCH3 is 2. The average molecular weight is 583 g/mol. The van der Waals surface area contributed by atoms with Crippen LogP contribution >= 0.6 is 0 Å². The minimum absolute atomic E-state index is 0.0234. The number of halogens is 2. The first-order valence-corrected chi connectivity index (χ1v) is 14.7. The lowest BCUT2D eigenvalue weighted by molar-refractivity contribution is -0.141. The maximum atomic E-state index is 15.9. The SMILES string of the molecule is COC(OC)C1CCN(c2ccc(C3=C(c4ccccc4)CC(F)(F)c4cc(OCc5ccccc5)ccc43)cn2)CC1. The van der Waals surface area contributed by atoms with E-state index >= 15 is 8.78 Å². The first-order chi connectivity index (χ1) is 21.0. The fraction of sp³-hybridized carbons (Fsp3) is 0.306. The fourth-order valence-electron chi connectivity index (χ4n) is 6.26. The van der Waals surface area contributed by atoms with Crippen LogP contribution < -0.4 is 9.64 Å². The van der Waals surface area contributed by atoms with Gasteiger partial charge in [-0.25, -0.2) is 13.8 Å². The van der Waals surface area contributed by atoms with Crippen LogP contribution in [0.1, 0.15) is 47.1 Å². The Kier molecular flexibility index (Phi) is 8.54. The number of fused-ring (bicyclic) bond motifs is 1. The molecule has 2 heterocycles. The number of anilines is 1. The molecule has 0 radical (unpaired) electrons. The number of benzene rings is 3. The Morgan fingerprint density at radius 2 is 1.56 bits per heavy atom. The summed E-state index contributed by atoms with van der Waals surface area (Å²) in [4.78, 5) is 7.08. The van der Waals surface area contributed by atoms with Crippen LogP contribution in [0.3, 0.4) is 0 Å². The summed E-state index contributed by atoms with van der Waals surface area (Å²) in [6.07, 6.45) is 3.10. The number of hydrogen-bond donors (Lipinski definition) is 0. The van der Waals surface area contributed by atoms with Crippen molar-refractivity contribution < 1.29 is 23.0 Å². The van der Waals surface area contributed by atoms with Crippen LogP contribution in [0.4, 0.5) is 14.6 Å². The minimum Gasteiger partial charge on any atom is -0.489 e. The molecule has 1 aliphatic carbocycles. The molecule has 222 valence electrons. The monoisotopic (exact) mass is 582 g/mol. The Hall–Kier alpha value is -4.07. The lowest BCUT2D eigenvalue weighted by Gasteiger charge is -2.35. The van der Waals surface area contributed by atoms with Gasteiger partial charge in [-0.1, -0.05) is 66.7 Å². The van der Waals surface area contributed by atoms with Gasteiger partial charge in [0.2, 0.25) is 0 Å². The number of hydrogen-bond acceptors (Lipinski definition) is 5. The molecule has 0 spiro atoms. The summed E-state index contributed by atoms with van der Waals surface area (Å²) >= 11 is 0. The highest BCUT2D eigenvalue weighted by Gasteiger charge is 2.41. The summed E-state index contributed by atoms with van der Waals surface area (Å²) in [5.74, 6) is -1.42. The van der Waals surface area contributed by atoms with Crippen LogP contribution in [0.5, 0.6) is 5.75 Å². The van der Waals surface area contributed by atoms with Gasteiger partial charge < -0.3 is 19.1 Å². The number of allylic oxidation sites excluding steroid dienone is 1. The molecule has 0 bridgehead atoms. The van der Waals surface area contributed by atoms with E-state index in [-0.39, 0.29) is 11.9 Å². The van der Waals surface area contributed by atoms with E-state index in [1.165, 1.54) is 6.07 Å². The second-order valence-corrected chi connectivity index (χ2v) is 11.2. The minimum atomic E-state index is -3.06. The van der Waals surface area contributed by atoms with E-state index in [0.29, 0.717) is 29.4 Å². The van der Waals surface area contributed by atoms with Gasteiger partial charge in [0.15, 0.2) is 6.29 Å². The van der Waals surface area contributed by atoms with Crippen molar-refractivity contribution in [3.8, 4) is 5.75 Å². The van der Waals surface area contributed by atoms with Crippen LogP contribution in [0.25, 0.3) is 11.1 Å². The highest BCUT2D eigenvalue weighted by atomic mass is 19.3. The van der Waals surface area contributed by atoms with E-state index in [4.69, 9.17) is 19.2 Å². The molecule has 3 aromatic carbocycles. The first-order valence-electron chi connectivity index (χ1n) is 14.7. The van der Waals surface area contributed by atoms with E-state index in [1.54, 1.807) is 26.4 Å². The number of ether oxygens (including phenoxy) is 3. The van der Waals surface area contributed by atoms with Gasteiger partial charge in [-0.15, -0.1) is 0 Å². The van der Waals surface area contributed by atoms with Gasteiger partial charge in [-0.2, -0.15) is 0 Å². The summed E-state index contributed by atoms with van der Waals surface area (Å²) in [5.41, 5.74) is 4.44. The van der Waals surface area contributed by atoms with Crippen LogP contribution in [-0.2, 0) is 22.0 Å². The molecule has 7 heteroatoms. The van der Waals surface area contributed by atoms with Crippen molar-refractivity contribution in [2.45, 2.75) is 38.1 Å². The van der Waals surface area contributed by atoms with E-state index in [1.807, 2.05) is 79.0 Å². The fourth-order valence-corrected chi connectivity index (χ4v) is 6.26. The van der Waals surface area contributed by atoms with Gasteiger partial charge in [0.05, 0.1) is 0 Å². The summed E-state index contributed by atoms with van der Waals surface area (Å²) in [7, 11) is 3.36. The van der Waals surface area contributed by atoms with Gasteiger partial charge in [0.1, 0.15) is 18.2 Å². The van der Waals surface area contributed by atoms with Gasteiger partial charge in [0, 0.05) is 57.0 Å². The second-order valence-electron chi connectivity index (χ2n) is 11.2. The molecule has 0 N–H and O–H groups in total. The lowest BCUT2D eigenvalue weighted by Crippen LogP contribution is -2.39. The third-order valence-corrected chi connectivity index (χ3v) is 8.48. The first kappa shape index (κ1) is 29.0. The number of alkyl halides is 2. The number of aromatic nitrogens is 1. The van der Waals surface area contributed by atoms with Crippen LogP contribution in [0.2, 0.25) is 0 Å². The summed E-state index contributed by atoms with van der Waals surface area (Å²) in [5, 5.41) is 0. The van der Waals surface area contributed by atoms with Crippen LogP contribution in [-0.4, -0.2) is 38.6 Å². The van der Waals surface area contributed by atoms with Crippen molar-refractivity contribution in [2.75, 3.05) is 32.2 Å². The predicted octanol–water partition coefficient (Wildman–Crippen LogP) is 7.95. The maximum Gasteiger partial charge on any atom is 0.278 e. The Morgan fingerprint density at radius 3 is 2.21 bits per heavy atom. The topological polar surface area (TPSA) is 43.8 Å². The third kappa shape index (κ3) is 6.19. The quantitative estimate of drug-likeness (QED) is 0.187. The van der Waals surface area contributed by atoms with Crippen LogP contribution in [0.15, 0.2) is 97.2 Å².